The molecule has 0 amide bonds. The van der Waals surface area contributed by atoms with E-state index in [2.05, 4.69) is 48.5 Å². The van der Waals surface area contributed by atoms with Gasteiger partial charge in [-0.1, -0.05) is 54.1 Å². The van der Waals surface area contributed by atoms with E-state index in [1.807, 2.05) is 0 Å². The topological polar surface area (TPSA) is 0 Å². The van der Waals surface area contributed by atoms with Gasteiger partial charge in [0.2, 0.25) is 0 Å². The molecule has 94 valence electrons. The van der Waals surface area contributed by atoms with Crippen molar-refractivity contribution in [1.29, 1.82) is 0 Å². The monoisotopic (exact) mass is 246 g/mol. The van der Waals surface area contributed by atoms with Crippen LogP contribution in [0.2, 0.25) is 0 Å². The quantitative estimate of drug-likeness (QED) is 0.671. The smallest absolute Gasteiger partial charge is 0.0111 e. The van der Waals surface area contributed by atoms with E-state index in [0.29, 0.717) is 0 Å². The van der Waals surface area contributed by atoms with Crippen LogP contribution < -0.4 is 0 Å². The first-order valence-electron chi connectivity index (χ1n) is 7.59. The van der Waals surface area contributed by atoms with Crippen LogP contribution in [0.4, 0.5) is 0 Å². The van der Waals surface area contributed by atoms with Crippen LogP contribution in [0.3, 0.4) is 0 Å². The van der Waals surface area contributed by atoms with Gasteiger partial charge in [-0.25, -0.2) is 0 Å². The predicted molar refractivity (Wildman–Crippen MR) is 79.7 cm³/mol. The summed E-state index contributed by atoms with van der Waals surface area (Å²) in [6, 6.07) is 15.5. The molecule has 4 aliphatic rings. The largest absolute Gasteiger partial charge is 0.0628 e. The van der Waals surface area contributed by atoms with Crippen molar-refractivity contribution in [3.63, 3.8) is 0 Å². The van der Waals surface area contributed by atoms with Crippen LogP contribution in [-0.2, 0) is 0 Å². The van der Waals surface area contributed by atoms with Crippen LogP contribution in [-0.4, -0.2) is 0 Å². The van der Waals surface area contributed by atoms with E-state index in [9.17, 15) is 0 Å². The maximum absolute atomic E-state index is 2.54. The lowest BCUT2D eigenvalue weighted by molar-refractivity contribution is 0.457. The average Bonchev–Trinajstić information content (AvgIpc) is 3.17. The highest BCUT2D eigenvalue weighted by molar-refractivity contribution is 5.91. The molecule has 19 heavy (non-hydrogen) atoms. The maximum atomic E-state index is 2.54. The first kappa shape index (κ1) is 10.3. The Bertz CT molecular complexity index is 671. The van der Waals surface area contributed by atoms with Crippen molar-refractivity contribution in [2.24, 2.45) is 23.7 Å². The third-order valence-corrected chi connectivity index (χ3v) is 5.86. The number of hydrogen-bond donors (Lipinski definition) is 0. The number of benzene rings is 2. The van der Waals surface area contributed by atoms with Gasteiger partial charge in [0, 0.05) is 0 Å². The van der Waals surface area contributed by atoms with E-state index in [-0.39, 0.29) is 0 Å². The molecule has 6 rings (SSSR count). The average molecular weight is 246 g/mol. The van der Waals surface area contributed by atoms with Gasteiger partial charge in [-0.2, -0.15) is 0 Å². The second-order valence-electron chi connectivity index (χ2n) is 6.65. The van der Waals surface area contributed by atoms with Crippen LogP contribution in [0, 0.1) is 23.7 Å². The van der Waals surface area contributed by atoms with Gasteiger partial charge in [0.1, 0.15) is 0 Å². The molecule has 4 bridgehead atoms. The molecule has 0 radical (unpaired) electrons. The van der Waals surface area contributed by atoms with Gasteiger partial charge in [0.25, 0.3) is 0 Å². The van der Waals surface area contributed by atoms with E-state index in [0.717, 1.165) is 23.7 Å². The summed E-state index contributed by atoms with van der Waals surface area (Å²) in [7, 11) is 0. The molecule has 4 atom stereocenters. The fraction of sp³-hybridized carbons (Fsp3) is 0.368. The molecular weight excluding hydrogens is 228 g/mol. The predicted octanol–water partition coefficient (Wildman–Crippen LogP) is 4.90. The third-order valence-electron chi connectivity index (χ3n) is 5.86. The molecule has 0 saturated heterocycles. The summed E-state index contributed by atoms with van der Waals surface area (Å²) in [4.78, 5) is 0. The summed E-state index contributed by atoms with van der Waals surface area (Å²) < 4.78 is 0. The molecule has 4 unspecified atom stereocenters. The van der Waals surface area contributed by atoms with Crippen LogP contribution in [0.15, 0.2) is 48.0 Å². The summed E-state index contributed by atoms with van der Waals surface area (Å²) in [5, 5.41) is 2.78. The van der Waals surface area contributed by atoms with Gasteiger partial charge >= 0.3 is 0 Å². The summed E-state index contributed by atoms with van der Waals surface area (Å²) in [5.74, 6) is 3.95. The van der Waals surface area contributed by atoms with Crippen LogP contribution >= 0.6 is 0 Å². The third kappa shape index (κ3) is 1.30. The van der Waals surface area contributed by atoms with Gasteiger partial charge in [0.05, 0.1) is 0 Å². The molecule has 0 heteroatoms. The number of allylic oxidation sites excluding steroid dienone is 1. The van der Waals surface area contributed by atoms with Crippen molar-refractivity contribution in [1.82, 2.24) is 0 Å². The Morgan fingerprint density at radius 2 is 1.53 bits per heavy atom. The summed E-state index contributed by atoms with van der Waals surface area (Å²) in [6.07, 6.45) is 7.05. The van der Waals surface area contributed by atoms with Gasteiger partial charge in [0.15, 0.2) is 0 Å². The van der Waals surface area contributed by atoms with Crippen LogP contribution in [0.25, 0.3) is 16.8 Å². The zero-order chi connectivity index (χ0) is 12.4. The molecule has 0 nitrogen and oxygen atoms in total. The van der Waals surface area contributed by atoms with E-state index in [1.54, 1.807) is 5.57 Å². The van der Waals surface area contributed by atoms with Gasteiger partial charge in [-0.15, -0.1) is 0 Å². The Balaban J connectivity index is 1.67. The second-order valence-corrected chi connectivity index (χ2v) is 6.65. The summed E-state index contributed by atoms with van der Waals surface area (Å²) in [6.45, 7) is 0. The number of rotatable bonds is 1. The Labute approximate surface area is 114 Å². The molecule has 0 N–H and O–H groups in total. The summed E-state index contributed by atoms with van der Waals surface area (Å²) >= 11 is 0. The van der Waals surface area contributed by atoms with Crippen molar-refractivity contribution in [2.75, 3.05) is 0 Å². The van der Waals surface area contributed by atoms with Crippen molar-refractivity contribution in [2.45, 2.75) is 19.3 Å². The Hall–Kier alpha value is -1.56. The van der Waals surface area contributed by atoms with Gasteiger partial charge in [-0.3, -0.25) is 0 Å². The number of fused-ring (bicyclic) bond motifs is 1. The molecule has 0 spiro atoms. The first-order chi connectivity index (χ1) is 9.40. The fourth-order valence-corrected chi connectivity index (χ4v) is 5.14. The lowest BCUT2D eigenvalue weighted by Crippen LogP contribution is -2.01. The Morgan fingerprint density at radius 3 is 2.32 bits per heavy atom. The molecule has 0 heterocycles. The van der Waals surface area contributed by atoms with Crippen molar-refractivity contribution < 1.29 is 0 Å². The lowest BCUT2D eigenvalue weighted by atomic mass is 9.92. The molecule has 0 aromatic heterocycles. The molecule has 4 aliphatic carbocycles. The Kier molecular flexibility index (Phi) is 1.89. The fourth-order valence-electron chi connectivity index (χ4n) is 5.14. The minimum absolute atomic E-state index is 0.939. The second kappa shape index (κ2) is 3.50. The molecular formula is C19H18. The highest BCUT2D eigenvalue weighted by Gasteiger charge is 2.56. The van der Waals surface area contributed by atoms with Crippen LogP contribution in [0.1, 0.15) is 24.8 Å². The van der Waals surface area contributed by atoms with Crippen molar-refractivity contribution in [3.05, 3.63) is 53.6 Å². The normalized spacial score (nSPS) is 34.6. The van der Waals surface area contributed by atoms with Crippen molar-refractivity contribution in [3.8, 4) is 0 Å². The molecule has 4 fully saturated rings. The summed E-state index contributed by atoms with van der Waals surface area (Å²) in [5.41, 5.74) is 3.23. The molecule has 2 aromatic rings. The zero-order valence-electron chi connectivity index (χ0n) is 11.0. The molecule has 0 aliphatic heterocycles. The Morgan fingerprint density at radius 1 is 0.789 bits per heavy atom. The van der Waals surface area contributed by atoms with E-state index in [1.165, 1.54) is 35.6 Å². The SMILES string of the molecule is C(=C1C2CC3CC2CC13)c1cccc2ccccc12. The lowest BCUT2D eigenvalue weighted by Gasteiger charge is -2.13. The minimum Gasteiger partial charge on any atom is -0.0628 e. The van der Waals surface area contributed by atoms with E-state index >= 15 is 0 Å². The highest BCUT2D eigenvalue weighted by atomic mass is 14.6. The standard InChI is InChI=1S/C19H18/c1-2-7-16-12(4-1)5-3-6-13(16)9-19-17-10-14-8-15(17)11-18(14)19/h1-7,9,14-15,17-18H,8,10-11H2. The first-order valence-corrected chi connectivity index (χ1v) is 7.59. The van der Waals surface area contributed by atoms with Gasteiger partial charge < -0.3 is 0 Å². The van der Waals surface area contributed by atoms with Crippen molar-refractivity contribution >= 4 is 16.8 Å². The molecule has 2 aromatic carbocycles. The van der Waals surface area contributed by atoms with E-state index < -0.39 is 0 Å². The maximum Gasteiger partial charge on any atom is -0.0111 e. The highest BCUT2D eigenvalue weighted by Crippen LogP contribution is 2.66. The van der Waals surface area contributed by atoms with Crippen LogP contribution in [0.5, 0.6) is 0 Å². The minimum atomic E-state index is 0.939. The van der Waals surface area contributed by atoms with E-state index in [4.69, 9.17) is 0 Å². The van der Waals surface area contributed by atoms with Gasteiger partial charge in [-0.05, 0) is 59.3 Å². The number of hydrogen-bond acceptors (Lipinski definition) is 0. The zero-order valence-corrected chi connectivity index (χ0v) is 11.0. The molecule has 4 saturated carbocycles.